The molecule has 2 aromatic carbocycles. The number of rotatable bonds is 7. The molecule has 150 valence electrons. The summed E-state index contributed by atoms with van der Waals surface area (Å²) in [6.07, 6.45) is 0.134. The van der Waals surface area contributed by atoms with E-state index in [-0.39, 0.29) is 12.3 Å². The summed E-state index contributed by atoms with van der Waals surface area (Å²) in [5, 5.41) is 5.53. The fraction of sp³-hybridized carbons (Fsp3) is 0.227. The lowest BCUT2D eigenvalue weighted by Gasteiger charge is -2.11. The summed E-state index contributed by atoms with van der Waals surface area (Å²) in [7, 11) is 1.33. The standard InChI is InChI=1S/C22H22N2O4S/c1-4-28-19-11-6-5-8-17(19)21-23-15(13-29-21)12-20(25)24-18-10-7-9-16(14(18)2)22(26)27-3/h5-11,13H,4,12H2,1-3H3,(H,24,25). The maximum Gasteiger partial charge on any atom is 0.338 e. The number of carbonyl (C=O) groups is 2. The van der Waals surface area contributed by atoms with Crippen LogP contribution in [0.3, 0.4) is 0 Å². The van der Waals surface area contributed by atoms with Gasteiger partial charge in [-0.15, -0.1) is 11.3 Å². The molecule has 1 amide bonds. The molecule has 1 aromatic heterocycles. The van der Waals surface area contributed by atoms with Gasteiger partial charge in [-0.3, -0.25) is 4.79 Å². The number of amides is 1. The van der Waals surface area contributed by atoms with E-state index in [2.05, 4.69) is 10.3 Å². The van der Waals surface area contributed by atoms with Crippen LogP contribution in [-0.2, 0) is 16.0 Å². The molecule has 1 N–H and O–H groups in total. The number of para-hydroxylation sites is 1. The molecular weight excluding hydrogens is 388 g/mol. The van der Waals surface area contributed by atoms with E-state index < -0.39 is 5.97 Å². The number of carbonyl (C=O) groups excluding carboxylic acids is 2. The summed E-state index contributed by atoms with van der Waals surface area (Å²) in [5.41, 5.74) is 3.25. The highest BCUT2D eigenvalue weighted by Gasteiger charge is 2.15. The number of thiazole rings is 1. The molecule has 0 radical (unpaired) electrons. The van der Waals surface area contributed by atoms with Gasteiger partial charge in [0.2, 0.25) is 5.91 Å². The molecule has 0 spiro atoms. The van der Waals surface area contributed by atoms with Gasteiger partial charge in [-0.25, -0.2) is 9.78 Å². The molecule has 0 aliphatic rings. The Kier molecular flexibility index (Phi) is 6.61. The second-order valence-electron chi connectivity index (χ2n) is 6.27. The van der Waals surface area contributed by atoms with Crippen LogP contribution in [0.5, 0.6) is 5.75 Å². The van der Waals surface area contributed by atoms with Gasteiger partial charge in [-0.1, -0.05) is 18.2 Å². The molecule has 0 saturated carbocycles. The van der Waals surface area contributed by atoms with Crippen LogP contribution in [0.4, 0.5) is 5.69 Å². The van der Waals surface area contributed by atoms with Gasteiger partial charge < -0.3 is 14.8 Å². The van der Waals surface area contributed by atoms with Crippen LogP contribution >= 0.6 is 11.3 Å². The maximum atomic E-state index is 12.5. The molecule has 7 heteroatoms. The Labute approximate surface area is 173 Å². The maximum absolute atomic E-state index is 12.5. The van der Waals surface area contributed by atoms with Gasteiger partial charge in [0.05, 0.1) is 37.0 Å². The summed E-state index contributed by atoms with van der Waals surface area (Å²) in [4.78, 5) is 28.9. The van der Waals surface area contributed by atoms with E-state index in [0.29, 0.717) is 29.1 Å². The van der Waals surface area contributed by atoms with E-state index in [1.54, 1.807) is 25.1 Å². The molecule has 3 rings (SSSR count). The van der Waals surface area contributed by atoms with Gasteiger partial charge in [0.25, 0.3) is 0 Å². The fourth-order valence-electron chi connectivity index (χ4n) is 2.90. The number of benzene rings is 2. The Balaban J connectivity index is 1.73. The topological polar surface area (TPSA) is 77.5 Å². The van der Waals surface area contributed by atoms with E-state index >= 15 is 0 Å². The number of ether oxygens (including phenoxy) is 2. The molecule has 0 unspecified atom stereocenters. The number of hydrogen-bond acceptors (Lipinski definition) is 6. The van der Waals surface area contributed by atoms with E-state index in [1.165, 1.54) is 18.4 Å². The number of nitrogens with zero attached hydrogens (tertiary/aromatic N) is 1. The lowest BCUT2D eigenvalue weighted by molar-refractivity contribution is -0.115. The minimum Gasteiger partial charge on any atom is -0.493 e. The zero-order valence-corrected chi connectivity index (χ0v) is 17.3. The van der Waals surface area contributed by atoms with Crippen LogP contribution in [-0.4, -0.2) is 30.6 Å². The third-order valence-electron chi connectivity index (χ3n) is 4.32. The molecule has 29 heavy (non-hydrogen) atoms. The summed E-state index contributed by atoms with van der Waals surface area (Å²) in [5.74, 6) is 0.136. The van der Waals surface area contributed by atoms with Crippen LogP contribution < -0.4 is 10.1 Å². The minimum atomic E-state index is -0.435. The van der Waals surface area contributed by atoms with Crippen molar-refractivity contribution >= 4 is 28.9 Å². The van der Waals surface area contributed by atoms with Crippen LogP contribution in [0.15, 0.2) is 47.8 Å². The molecule has 0 fully saturated rings. The zero-order valence-electron chi connectivity index (χ0n) is 16.5. The van der Waals surface area contributed by atoms with Crippen LogP contribution in [0.25, 0.3) is 10.6 Å². The first-order chi connectivity index (χ1) is 14.0. The number of hydrogen-bond donors (Lipinski definition) is 1. The summed E-state index contributed by atoms with van der Waals surface area (Å²) in [6, 6.07) is 12.8. The van der Waals surface area contributed by atoms with Crippen molar-refractivity contribution in [3.8, 4) is 16.3 Å². The molecule has 0 aliphatic carbocycles. The molecule has 0 aliphatic heterocycles. The molecule has 0 saturated heterocycles. The van der Waals surface area contributed by atoms with E-state index in [9.17, 15) is 9.59 Å². The largest absolute Gasteiger partial charge is 0.493 e. The molecular formula is C22H22N2O4S. The van der Waals surface area contributed by atoms with Crippen molar-refractivity contribution in [3.05, 3.63) is 64.7 Å². The van der Waals surface area contributed by atoms with Gasteiger partial charge in [-0.05, 0) is 43.7 Å². The SMILES string of the molecule is CCOc1ccccc1-c1nc(CC(=O)Nc2cccc(C(=O)OC)c2C)cs1. The van der Waals surface area contributed by atoms with Crippen LogP contribution in [0.1, 0.15) is 28.5 Å². The first-order valence-electron chi connectivity index (χ1n) is 9.17. The number of esters is 1. The van der Waals surface area contributed by atoms with Crippen molar-refractivity contribution in [2.45, 2.75) is 20.3 Å². The van der Waals surface area contributed by atoms with Crippen molar-refractivity contribution in [1.29, 1.82) is 0 Å². The molecule has 1 heterocycles. The first-order valence-corrected chi connectivity index (χ1v) is 10.1. The van der Waals surface area contributed by atoms with Crippen LogP contribution in [0.2, 0.25) is 0 Å². The van der Waals surface area contributed by atoms with Crippen molar-refractivity contribution in [2.75, 3.05) is 19.0 Å². The Morgan fingerprint density at radius 1 is 1.14 bits per heavy atom. The highest BCUT2D eigenvalue weighted by molar-refractivity contribution is 7.13. The van der Waals surface area contributed by atoms with Gasteiger partial charge in [-0.2, -0.15) is 0 Å². The third kappa shape index (κ3) is 4.81. The molecule has 0 atom stereocenters. The normalized spacial score (nSPS) is 10.4. The molecule has 6 nitrogen and oxygen atoms in total. The Bertz CT molecular complexity index is 1030. The van der Waals surface area contributed by atoms with Gasteiger partial charge in [0.1, 0.15) is 10.8 Å². The number of nitrogens with one attached hydrogen (secondary N) is 1. The van der Waals surface area contributed by atoms with E-state index in [0.717, 1.165) is 16.3 Å². The number of anilines is 1. The predicted octanol–water partition coefficient (Wildman–Crippen LogP) is 4.49. The average molecular weight is 410 g/mol. The van der Waals surface area contributed by atoms with Gasteiger partial charge in [0.15, 0.2) is 0 Å². The second kappa shape index (κ2) is 9.34. The molecule has 0 bridgehead atoms. The number of methoxy groups -OCH3 is 1. The van der Waals surface area contributed by atoms with Crippen molar-refractivity contribution in [1.82, 2.24) is 4.98 Å². The molecule has 3 aromatic rings. The Hall–Kier alpha value is -3.19. The summed E-state index contributed by atoms with van der Waals surface area (Å²) >= 11 is 1.47. The lowest BCUT2D eigenvalue weighted by atomic mass is 10.1. The minimum absolute atomic E-state index is 0.134. The fourth-order valence-corrected chi connectivity index (χ4v) is 3.75. The monoisotopic (exact) mass is 410 g/mol. The smallest absolute Gasteiger partial charge is 0.338 e. The van der Waals surface area contributed by atoms with Crippen molar-refractivity contribution < 1.29 is 19.1 Å². The zero-order chi connectivity index (χ0) is 20.8. The third-order valence-corrected chi connectivity index (χ3v) is 5.25. The highest BCUT2D eigenvalue weighted by atomic mass is 32.1. The van der Waals surface area contributed by atoms with Crippen LogP contribution in [0, 0.1) is 6.92 Å². The Morgan fingerprint density at radius 3 is 2.69 bits per heavy atom. The lowest BCUT2D eigenvalue weighted by Crippen LogP contribution is -2.16. The van der Waals surface area contributed by atoms with Crippen molar-refractivity contribution in [2.24, 2.45) is 0 Å². The first kappa shape index (κ1) is 20.5. The average Bonchev–Trinajstić information content (AvgIpc) is 3.17. The van der Waals surface area contributed by atoms with Crippen molar-refractivity contribution in [3.63, 3.8) is 0 Å². The van der Waals surface area contributed by atoms with E-state index in [4.69, 9.17) is 9.47 Å². The Morgan fingerprint density at radius 2 is 1.93 bits per heavy atom. The second-order valence-corrected chi connectivity index (χ2v) is 7.13. The number of aromatic nitrogens is 1. The van der Waals surface area contributed by atoms with Gasteiger partial charge >= 0.3 is 5.97 Å². The predicted molar refractivity (Wildman–Crippen MR) is 114 cm³/mol. The summed E-state index contributed by atoms with van der Waals surface area (Å²) < 4.78 is 10.4. The highest BCUT2D eigenvalue weighted by Crippen LogP contribution is 2.32. The van der Waals surface area contributed by atoms with Gasteiger partial charge in [0, 0.05) is 11.1 Å². The quantitative estimate of drug-likeness (QED) is 0.581. The van der Waals surface area contributed by atoms with E-state index in [1.807, 2.05) is 36.6 Å². The summed E-state index contributed by atoms with van der Waals surface area (Å²) in [6.45, 7) is 4.28.